The van der Waals surface area contributed by atoms with E-state index < -0.39 is 11.7 Å². The fourth-order valence-electron chi connectivity index (χ4n) is 2.00. The first-order valence-corrected chi connectivity index (χ1v) is 7.08. The molecule has 0 spiro atoms. The maximum Gasteiger partial charge on any atom is 0.271 e. The molecule has 2 heterocycles. The average Bonchev–Trinajstić information content (AvgIpc) is 3.03. The summed E-state index contributed by atoms with van der Waals surface area (Å²) in [4.78, 5) is 12.2. The Kier molecular flexibility index (Phi) is 4.03. The summed E-state index contributed by atoms with van der Waals surface area (Å²) >= 11 is 0. The number of benzene rings is 1. The smallest absolute Gasteiger partial charge is 0.271 e. The van der Waals surface area contributed by atoms with Crippen molar-refractivity contribution in [2.24, 2.45) is 0 Å². The highest BCUT2D eigenvalue weighted by Crippen LogP contribution is 2.31. The van der Waals surface area contributed by atoms with E-state index in [1.54, 1.807) is 38.2 Å². The minimum Gasteiger partial charge on any atom is -0.478 e. The Morgan fingerprint density at radius 3 is 2.61 bits per heavy atom. The van der Waals surface area contributed by atoms with Crippen molar-refractivity contribution in [1.82, 2.24) is 20.1 Å². The van der Waals surface area contributed by atoms with Gasteiger partial charge in [0.05, 0.1) is 0 Å². The molecule has 0 fully saturated rings. The van der Waals surface area contributed by atoms with Crippen molar-refractivity contribution in [3.63, 3.8) is 0 Å². The first kappa shape index (κ1) is 15.1. The molecule has 0 saturated heterocycles. The molecule has 3 rings (SSSR count). The van der Waals surface area contributed by atoms with Crippen LogP contribution in [0.5, 0.6) is 5.75 Å². The quantitative estimate of drug-likeness (QED) is 0.773. The summed E-state index contributed by atoms with van der Waals surface area (Å²) in [6, 6.07) is 10.8. The third-order valence-corrected chi connectivity index (χ3v) is 3.12. The van der Waals surface area contributed by atoms with Crippen LogP contribution in [0.4, 0.5) is 0 Å². The van der Waals surface area contributed by atoms with Crippen LogP contribution in [-0.2, 0) is 0 Å². The predicted molar refractivity (Wildman–Crippen MR) is 81.4 cm³/mol. The van der Waals surface area contributed by atoms with Gasteiger partial charge < -0.3 is 14.4 Å². The Morgan fingerprint density at radius 2 is 1.96 bits per heavy atom. The van der Waals surface area contributed by atoms with Crippen LogP contribution < -0.4 is 4.74 Å². The first-order valence-electron chi connectivity index (χ1n) is 7.08. The zero-order chi connectivity index (χ0) is 16.3. The molecule has 1 N–H and O–H groups in total. The highest BCUT2D eigenvalue weighted by atomic mass is 16.5. The second-order valence-corrected chi connectivity index (χ2v) is 5.52. The second-order valence-electron chi connectivity index (χ2n) is 5.52. The minimum absolute atomic E-state index is 0.176. The monoisotopic (exact) mass is 312 g/mol. The molecule has 0 aliphatic heterocycles. The number of hydrogen-bond donors (Lipinski definition) is 1. The van der Waals surface area contributed by atoms with Crippen LogP contribution in [0.25, 0.3) is 11.5 Å². The molecule has 7 heteroatoms. The van der Waals surface area contributed by atoms with Crippen LogP contribution in [0.3, 0.4) is 0 Å². The number of nitrogens with zero attached hydrogens (tertiary/aromatic N) is 4. The Balaban J connectivity index is 1.91. The van der Waals surface area contributed by atoms with Crippen LogP contribution in [-0.4, -0.2) is 30.8 Å². The largest absolute Gasteiger partial charge is 0.478 e. The average molecular weight is 312 g/mol. The Hall–Kier alpha value is -2.80. The van der Waals surface area contributed by atoms with Crippen LogP contribution in [0.15, 0.2) is 53.4 Å². The summed E-state index contributed by atoms with van der Waals surface area (Å²) in [7, 11) is 0. The third kappa shape index (κ3) is 3.51. The zero-order valence-corrected chi connectivity index (χ0v) is 12.7. The van der Waals surface area contributed by atoms with E-state index in [0.29, 0.717) is 17.3 Å². The number of aromatic nitrogens is 4. The molecule has 0 aliphatic rings. The first-order chi connectivity index (χ1) is 11.0. The molecule has 0 aliphatic carbocycles. The Bertz CT molecular complexity index is 754. The molecule has 0 amide bonds. The van der Waals surface area contributed by atoms with E-state index in [2.05, 4.69) is 20.1 Å². The van der Waals surface area contributed by atoms with Gasteiger partial charge in [-0.25, -0.2) is 9.97 Å². The van der Waals surface area contributed by atoms with Crippen molar-refractivity contribution >= 4 is 0 Å². The molecule has 0 bridgehead atoms. The topological polar surface area (TPSA) is 94.2 Å². The van der Waals surface area contributed by atoms with E-state index in [1.807, 2.05) is 18.2 Å². The Morgan fingerprint density at radius 1 is 1.17 bits per heavy atom. The van der Waals surface area contributed by atoms with Crippen molar-refractivity contribution in [2.75, 3.05) is 0 Å². The molecule has 0 saturated carbocycles. The minimum atomic E-state index is -1.22. The standard InChI is InChI=1S/C16H16N4O3/c1-16(2,21)13(22-11-6-4-3-5-7-11)15-19-14(20-23-15)12-8-9-17-10-18-12/h3-10,13,21H,1-2H3. The van der Waals surface area contributed by atoms with Crippen LogP contribution >= 0.6 is 0 Å². The van der Waals surface area contributed by atoms with Gasteiger partial charge in [-0.15, -0.1) is 0 Å². The normalized spacial score (nSPS) is 12.8. The lowest BCUT2D eigenvalue weighted by atomic mass is 10.0. The van der Waals surface area contributed by atoms with Gasteiger partial charge in [-0.2, -0.15) is 4.98 Å². The second kappa shape index (κ2) is 6.13. The van der Waals surface area contributed by atoms with E-state index in [-0.39, 0.29) is 5.89 Å². The molecule has 118 valence electrons. The van der Waals surface area contributed by atoms with Gasteiger partial charge in [0.2, 0.25) is 11.9 Å². The number of para-hydroxylation sites is 1. The molecule has 1 atom stereocenters. The van der Waals surface area contributed by atoms with Crippen molar-refractivity contribution in [3.8, 4) is 17.3 Å². The van der Waals surface area contributed by atoms with Crippen LogP contribution in [0.2, 0.25) is 0 Å². The van der Waals surface area contributed by atoms with Crippen LogP contribution in [0.1, 0.15) is 25.8 Å². The van der Waals surface area contributed by atoms with E-state index in [9.17, 15) is 5.11 Å². The van der Waals surface area contributed by atoms with Crippen molar-refractivity contribution in [1.29, 1.82) is 0 Å². The molecule has 23 heavy (non-hydrogen) atoms. The molecular formula is C16H16N4O3. The number of rotatable bonds is 5. The van der Waals surface area contributed by atoms with Crippen LogP contribution in [0, 0.1) is 0 Å². The molecular weight excluding hydrogens is 296 g/mol. The summed E-state index contributed by atoms with van der Waals surface area (Å²) in [6.07, 6.45) is 2.18. The molecule has 0 radical (unpaired) electrons. The van der Waals surface area contributed by atoms with E-state index in [1.165, 1.54) is 6.33 Å². The number of hydrogen-bond acceptors (Lipinski definition) is 7. The van der Waals surface area contributed by atoms with E-state index >= 15 is 0 Å². The van der Waals surface area contributed by atoms with Gasteiger partial charge in [-0.1, -0.05) is 23.4 Å². The third-order valence-electron chi connectivity index (χ3n) is 3.12. The molecule has 3 aromatic rings. The fraction of sp³-hybridized carbons (Fsp3) is 0.250. The van der Waals surface area contributed by atoms with Gasteiger partial charge in [0.25, 0.3) is 5.89 Å². The van der Waals surface area contributed by atoms with Gasteiger partial charge in [0.1, 0.15) is 23.4 Å². The maximum absolute atomic E-state index is 10.4. The lowest BCUT2D eigenvalue weighted by Gasteiger charge is -2.26. The lowest BCUT2D eigenvalue weighted by molar-refractivity contribution is -0.0495. The van der Waals surface area contributed by atoms with Gasteiger partial charge in [-0.3, -0.25) is 0 Å². The maximum atomic E-state index is 10.4. The van der Waals surface area contributed by atoms with Gasteiger partial charge >= 0.3 is 0 Å². The number of ether oxygens (including phenoxy) is 1. The summed E-state index contributed by atoms with van der Waals surface area (Å²) in [5.74, 6) is 1.09. The highest BCUT2D eigenvalue weighted by molar-refractivity contribution is 5.46. The van der Waals surface area contributed by atoms with Crippen molar-refractivity contribution in [3.05, 3.63) is 54.8 Å². The summed E-state index contributed by atoms with van der Waals surface area (Å²) in [5, 5.41) is 14.3. The summed E-state index contributed by atoms with van der Waals surface area (Å²) < 4.78 is 11.1. The van der Waals surface area contributed by atoms with E-state index in [4.69, 9.17) is 9.26 Å². The highest BCUT2D eigenvalue weighted by Gasteiger charge is 2.35. The molecule has 7 nitrogen and oxygen atoms in total. The molecule has 1 unspecified atom stereocenters. The molecule has 2 aromatic heterocycles. The van der Waals surface area contributed by atoms with E-state index in [0.717, 1.165) is 0 Å². The summed E-state index contributed by atoms with van der Waals surface area (Å²) in [6.45, 7) is 3.24. The Labute approximate surface area is 133 Å². The predicted octanol–water partition coefficient (Wildman–Crippen LogP) is 2.42. The lowest BCUT2D eigenvalue weighted by Crippen LogP contribution is -2.33. The van der Waals surface area contributed by atoms with Gasteiger partial charge in [-0.05, 0) is 32.0 Å². The van der Waals surface area contributed by atoms with Gasteiger partial charge in [0.15, 0.2) is 0 Å². The van der Waals surface area contributed by atoms with Crippen molar-refractivity contribution < 1.29 is 14.4 Å². The fourth-order valence-corrected chi connectivity index (χ4v) is 2.00. The SMILES string of the molecule is CC(C)(O)C(Oc1ccccc1)c1nc(-c2ccncn2)no1. The number of aliphatic hydroxyl groups is 1. The molecule has 1 aromatic carbocycles. The van der Waals surface area contributed by atoms with Crippen molar-refractivity contribution in [2.45, 2.75) is 25.6 Å². The summed E-state index contributed by atoms with van der Waals surface area (Å²) in [5.41, 5.74) is -0.685. The van der Waals surface area contributed by atoms with Gasteiger partial charge in [0, 0.05) is 6.20 Å². The zero-order valence-electron chi connectivity index (χ0n) is 12.7.